The van der Waals surface area contributed by atoms with E-state index in [-0.39, 0.29) is 5.69 Å². The number of alkyl halides is 3. The minimum atomic E-state index is -4.40. The van der Waals surface area contributed by atoms with Crippen molar-refractivity contribution >= 4 is 18.0 Å². The number of carbonyl (C=O) groups excluding carboxylic acids is 1. The monoisotopic (exact) mass is 215 g/mol. The van der Waals surface area contributed by atoms with Gasteiger partial charge in [-0.1, -0.05) is 6.07 Å². The highest BCUT2D eigenvalue weighted by Gasteiger charge is 2.30. The average Bonchev–Trinajstić information content (AvgIpc) is 2.14. The summed E-state index contributed by atoms with van der Waals surface area (Å²) in [4.78, 5) is 10.0. The molecular weight excluding hydrogens is 207 g/mol. The van der Waals surface area contributed by atoms with Gasteiger partial charge in [-0.2, -0.15) is 13.2 Å². The van der Waals surface area contributed by atoms with Gasteiger partial charge in [0.15, 0.2) is 0 Å². The molecule has 1 rings (SSSR count). The lowest BCUT2D eigenvalue weighted by Gasteiger charge is -2.08. The molecule has 0 aliphatic carbocycles. The van der Waals surface area contributed by atoms with E-state index in [4.69, 9.17) is 5.73 Å². The molecule has 1 aromatic rings. The molecule has 0 aromatic heterocycles. The first-order valence-corrected chi connectivity index (χ1v) is 4.03. The van der Waals surface area contributed by atoms with Gasteiger partial charge in [-0.3, -0.25) is 4.79 Å². The number of hydrogen-bond donors (Lipinski definition) is 1. The van der Waals surface area contributed by atoms with Crippen LogP contribution in [0.15, 0.2) is 24.3 Å². The second-order valence-corrected chi connectivity index (χ2v) is 2.84. The summed E-state index contributed by atoms with van der Waals surface area (Å²) in [7, 11) is 0. The summed E-state index contributed by atoms with van der Waals surface area (Å²) < 4.78 is 36.7. The van der Waals surface area contributed by atoms with Gasteiger partial charge in [-0.25, -0.2) is 0 Å². The van der Waals surface area contributed by atoms with Crippen molar-refractivity contribution in [1.29, 1.82) is 0 Å². The largest absolute Gasteiger partial charge is 0.416 e. The molecule has 0 bridgehead atoms. The number of allylic oxidation sites excluding steroid dienone is 1. The molecule has 0 saturated carbocycles. The normalized spacial score (nSPS) is 11.9. The van der Waals surface area contributed by atoms with Gasteiger partial charge in [0.2, 0.25) is 0 Å². The third kappa shape index (κ3) is 2.83. The van der Waals surface area contributed by atoms with E-state index in [1.807, 2.05) is 0 Å². The summed E-state index contributed by atoms with van der Waals surface area (Å²) in [6, 6.07) is 2.98. The van der Waals surface area contributed by atoms with E-state index in [0.29, 0.717) is 11.8 Å². The van der Waals surface area contributed by atoms with Gasteiger partial charge in [0, 0.05) is 5.69 Å². The first kappa shape index (κ1) is 11.3. The second kappa shape index (κ2) is 4.16. The van der Waals surface area contributed by atoms with Crippen LogP contribution < -0.4 is 5.73 Å². The van der Waals surface area contributed by atoms with E-state index in [1.54, 1.807) is 0 Å². The molecular formula is C10H8F3NO. The smallest absolute Gasteiger partial charge is 0.398 e. The van der Waals surface area contributed by atoms with Crippen molar-refractivity contribution in [1.82, 2.24) is 0 Å². The number of anilines is 1. The molecule has 0 unspecified atom stereocenters. The van der Waals surface area contributed by atoms with Crippen molar-refractivity contribution in [3.8, 4) is 0 Å². The first-order chi connectivity index (χ1) is 6.95. The molecule has 80 valence electrons. The number of nitrogen functional groups attached to an aromatic ring is 1. The second-order valence-electron chi connectivity index (χ2n) is 2.84. The molecule has 0 atom stereocenters. The van der Waals surface area contributed by atoms with Gasteiger partial charge in [0.1, 0.15) is 6.29 Å². The molecule has 0 heterocycles. The van der Waals surface area contributed by atoms with Gasteiger partial charge >= 0.3 is 6.18 Å². The minimum Gasteiger partial charge on any atom is -0.398 e. The van der Waals surface area contributed by atoms with Gasteiger partial charge in [0.25, 0.3) is 0 Å². The van der Waals surface area contributed by atoms with Crippen LogP contribution in [0.3, 0.4) is 0 Å². The molecule has 0 aliphatic rings. The first-order valence-electron chi connectivity index (χ1n) is 4.03. The Kier molecular flexibility index (Phi) is 3.14. The molecule has 0 spiro atoms. The predicted octanol–water partition coefficient (Wildman–Crippen LogP) is 2.50. The third-order valence-corrected chi connectivity index (χ3v) is 1.77. The highest BCUT2D eigenvalue weighted by Crippen LogP contribution is 2.31. The van der Waals surface area contributed by atoms with E-state index in [0.717, 1.165) is 12.1 Å². The van der Waals surface area contributed by atoms with Gasteiger partial charge in [-0.15, -0.1) is 0 Å². The fourth-order valence-corrected chi connectivity index (χ4v) is 1.05. The maximum Gasteiger partial charge on any atom is 0.416 e. The van der Waals surface area contributed by atoms with Crippen molar-refractivity contribution in [2.24, 2.45) is 0 Å². The van der Waals surface area contributed by atoms with Crippen LogP contribution in [0.2, 0.25) is 0 Å². The average molecular weight is 215 g/mol. The topological polar surface area (TPSA) is 43.1 Å². The maximum absolute atomic E-state index is 12.2. The minimum absolute atomic E-state index is 0.0112. The van der Waals surface area contributed by atoms with Crippen LogP contribution in [0.4, 0.5) is 18.9 Å². The summed E-state index contributed by atoms with van der Waals surface area (Å²) in [6.07, 6.45) is -1.36. The number of halogens is 3. The van der Waals surface area contributed by atoms with Crippen molar-refractivity contribution in [3.63, 3.8) is 0 Å². The van der Waals surface area contributed by atoms with E-state index in [2.05, 4.69) is 0 Å². The quantitative estimate of drug-likeness (QED) is 0.468. The van der Waals surface area contributed by atoms with Gasteiger partial charge in [0.05, 0.1) is 5.56 Å². The SMILES string of the molecule is Nc1cc(C(F)(F)F)ccc1C=CC=O. The van der Waals surface area contributed by atoms with E-state index in [1.165, 1.54) is 18.2 Å². The Morgan fingerprint density at radius 2 is 1.93 bits per heavy atom. The van der Waals surface area contributed by atoms with Crippen LogP contribution in [0.5, 0.6) is 0 Å². The lowest BCUT2D eigenvalue weighted by atomic mass is 10.1. The fraction of sp³-hybridized carbons (Fsp3) is 0.100. The Morgan fingerprint density at radius 1 is 1.27 bits per heavy atom. The zero-order valence-corrected chi connectivity index (χ0v) is 7.58. The zero-order valence-electron chi connectivity index (χ0n) is 7.58. The number of rotatable bonds is 2. The highest BCUT2D eigenvalue weighted by atomic mass is 19.4. The van der Waals surface area contributed by atoms with E-state index < -0.39 is 11.7 Å². The standard InChI is InChI=1S/C10H8F3NO/c11-10(12,13)8-4-3-7(2-1-5-15)9(14)6-8/h1-6H,14H2. The molecule has 0 radical (unpaired) electrons. The van der Waals surface area contributed by atoms with Crippen LogP contribution in [0.1, 0.15) is 11.1 Å². The number of hydrogen-bond acceptors (Lipinski definition) is 2. The van der Waals surface area contributed by atoms with Crippen molar-refractivity contribution in [2.75, 3.05) is 5.73 Å². The number of benzene rings is 1. The molecule has 2 N–H and O–H groups in total. The van der Waals surface area contributed by atoms with Gasteiger partial charge in [-0.05, 0) is 29.8 Å². The molecule has 2 nitrogen and oxygen atoms in total. The van der Waals surface area contributed by atoms with Crippen LogP contribution in [0, 0.1) is 0 Å². The predicted molar refractivity (Wildman–Crippen MR) is 51.0 cm³/mol. The maximum atomic E-state index is 12.2. The Morgan fingerprint density at radius 3 is 2.40 bits per heavy atom. The lowest BCUT2D eigenvalue weighted by Crippen LogP contribution is -2.05. The lowest BCUT2D eigenvalue weighted by molar-refractivity contribution is -0.137. The summed E-state index contributed by atoms with van der Waals surface area (Å²) >= 11 is 0. The number of carbonyl (C=O) groups is 1. The summed E-state index contributed by atoms with van der Waals surface area (Å²) in [5.41, 5.74) is 4.96. The Balaban J connectivity index is 3.09. The number of aldehydes is 1. The van der Waals surface area contributed by atoms with Crippen molar-refractivity contribution in [3.05, 3.63) is 35.4 Å². The summed E-state index contributed by atoms with van der Waals surface area (Å²) in [6.45, 7) is 0. The third-order valence-electron chi connectivity index (χ3n) is 1.77. The van der Waals surface area contributed by atoms with Gasteiger partial charge < -0.3 is 5.73 Å². The Hall–Kier alpha value is -1.78. The highest BCUT2D eigenvalue weighted by molar-refractivity contribution is 5.77. The Labute approximate surface area is 84.2 Å². The molecule has 5 heteroatoms. The molecule has 0 fully saturated rings. The fourth-order valence-electron chi connectivity index (χ4n) is 1.05. The van der Waals surface area contributed by atoms with Crippen LogP contribution in [-0.4, -0.2) is 6.29 Å². The van der Waals surface area contributed by atoms with Crippen LogP contribution in [0.25, 0.3) is 6.08 Å². The summed E-state index contributed by atoms with van der Waals surface area (Å²) in [5, 5.41) is 0. The Bertz CT molecular complexity index is 396. The van der Waals surface area contributed by atoms with Crippen molar-refractivity contribution in [2.45, 2.75) is 6.18 Å². The summed E-state index contributed by atoms with van der Waals surface area (Å²) in [5.74, 6) is 0. The molecule has 0 aliphatic heterocycles. The zero-order chi connectivity index (χ0) is 11.5. The molecule has 0 saturated heterocycles. The molecule has 15 heavy (non-hydrogen) atoms. The van der Waals surface area contributed by atoms with Crippen LogP contribution in [-0.2, 0) is 11.0 Å². The molecule has 1 aromatic carbocycles. The van der Waals surface area contributed by atoms with E-state index in [9.17, 15) is 18.0 Å². The molecule has 0 amide bonds. The van der Waals surface area contributed by atoms with Crippen molar-refractivity contribution < 1.29 is 18.0 Å². The van der Waals surface area contributed by atoms with E-state index >= 15 is 0 Å². The number of nitrogens with two attached hydrogens (primary N) is 1. The van der Waals surface area contributed by atoms with Crippen LogP contribution >= 0.6 is 0 Å².